The van der Waals surface area contributed by atoms with E-state index in [0.717, 1.165) is 35.5 Å². The second-order valence-corrected chi connectivity index (χ2v) is 9.58. The van der Waals surface area contributed by atoms with Gasteiger partial charge in [-0.3, -0.25) is 9.59 Å². The van der Waals surface area contributed by atoms with Crippen LogP contribution in [0.15, 0.2) is 58.7 Å². The number of carbonyl (C=O) groups is 2. The van der Waals surface area contributed by atoms with E-state index in [1.165, 1.54) is 11.8 Å². The van der Waals surface area contributed by atoms with E-state index in [4.69, 9.17) is 11.6 Å². The number of halogens is 4. The third kappa shape index (κ3) is 7.48. The van der Waals surface area contributed by atoms with Gasteiger partial charge in [0.2, 0.25) is 5.91 Å². The molecule has 3 aromatic rings. The van der Waals surface area contributed by atoms with Gasteiger partial charge < -0.3 is 5.32 Å². The number of aromatic nitrogens is 2. The molecule has 0 saturated carbocycles. The highest BCUT2D eigenvalue weighted by Gasteiger charge is 2.31. The maximum Gasteiger partial charge on any atom is 0.416 e. The highest BCUT2D eigenvalue weighted by Crippen LogP contribution is 2.34. The van der Waals surface area contributed by atoms with E-state index in [-0.39, 0.29) is 28.0 Å². The standard InChI is InChI=1S/C23H19ClF3N3O2S2/c1-13-3-5-15(6-4-13)19(31)11-34-22-28-14(2)9-21(30-22)33-12-20(32)29-18-10-16(23(25,26)27)7-8-17(18)24/h3-10H,11-12H2,1-2H3,(H,29,32). The quantitative estimate of drug-likeness (QED) is 0.157. The maximum atomic E-state index is 12.9. The summed E-state index contributed by atoms with van der Waals surface area (Å²) < 4.78 is 38.7. The van der Waals surface area contributed by atoms with Crippen molar-refractivity contribution in [3.05, 3.63) is 75.9 Å². The Kier molecular flexibility index (Phi) is 8.62. The van der Waals surface area contributed by atoms with E-state index in [9.17, 15) is 22.8 Å². The summed E-state index contributed by atoms with van der Waals surface area (Å²) in [5.74, 6) is -0.534. The molecule has 1 aromatic heterocycles. The molecule has 0 aliphatic heterocycles. The number of alkyl halides is 3. The first-order valence-corrected chi connectivity index (χ1v) is 12.2. The van der Waals surface area contributed by atoms with E-state index < -0.39 is 17.6 Å². The zero-order valence-corrected chi connectivity index (χ0v) is 20.5. The second-order valence-electron chi connectivity index (χ2n) is 7.24. The van der Waals surface area contributed by atoms with Crippen molar-refractivity contribution in [2.24, 2.45) is 0 Å². The fraction of sp³-hybridized carbons (Fsp3) is 0.217. The summed E-state index contributed by atoms with van der Waals surface area (Å²) in [5.41, 5.74) is 1.29. The lowest BCUT2D eigenvalue weighted by molar-refractivity contribution is -0.137. The molecule has 0 fully saturated rings. The van der Waals surface area contributed by atoms with Crippen molar-refractivity contribution in [3.8, 4) is 0 Å². The third-order valence-electron chi connectivity index (χ3n) is 4.44. The number of Topliss-reactive ketones (excluding diaryl/α,β-unsaturated/α-hetero) is 1. The summed E-state index contributed by atoms with van der Waals surface area (Å²) >= 11 is 8.21. The highest BCUT2D eigenvalue weighted by atomic mass is 35.5. The highest BCUT2D eigenvalue weighted by molar-refractivity contribution is 8.00. The van der Waals surface area contributed by atoms with Crippen molar-refractivity contribution in [1.82, 2.24) is 9.97 Å². The fourth-order valence-electron chi connectivity index (χ4n) is 2.73. The van der Waals surface area contributed by atoms with Crippen molar-refractivity contribution in [3.63, 3.8) is 0 Å². The number of aryl methyl sites for hydroxylation is 2. The molecule has 11 heteroatoms. The van der Waals surface area contributed by atoms with Crippen LogP contribution in [-0.4, -0.2) is 33.2 Å². The molecule has 1 amide bonds. The summed E-state index contributed by atoms with van der Waals surface area (Å²) in [5, 5.41) is 3.30. The van der Waals surface area contributed by atoms with Crippen LogP contribution >= 0.6 is 35.1 Å². The first-order chi connectivity index (χ1) is 16.0. The van der Waals surface area contributed by atoms with Crippen LogP contribution in [0.1, 0.15) is 27.2 Å². The summed E-state index contributed by atoms with van der Waals surface area (Å²) in [7, 11) is 0. The summed E-state index contributed by atoms with van der Waals surface area (Å²) in [6, 6.07) is 11.7. The van der Waals surface area contributed by atoms with Crippen molar-refractivity contribution in [2.45, 2.75) is 30.2 Å². The van der Waals surface area contributed by atoms with Gasteiger partial charge in [-0.25, -0.2) is 9.97 Å². The van der Waals surface area contributed by atoms with Crippen LogP contribution in [0.3, 0.4) is 0 Å². The monoisotopic (exact) mass is 525 g/mol. The van der Waals surface area contributed by atoms with Crippen LogP contribution < -0.4 is 5.32 Å². The molecular formula is C23H19ClF3N3O2S2. The minimum absolute atomic E-state index is 0.00107. The first kappa shape index (κ1) is 26.1. The minimum atomic E-state index is -4.55. The first-order valence-electron chi connectivity index (χ1n) is 9.89. The molecule has 0 saturated heterocycles. The smallest absolute Gasteiger partial charge is 0.324 e. The van der Waals surface area contributed by atoms with Crippen molar-refractivity contribution in [2.75, 3.05) is 16.8 Å². The number of rotatable bonds is 8. The Morgan fingerprint density at radius 1 is 0.971 bits per heavy atom. The predicted octanol–water partition coefficient (Wildman–Crippen LogP) is 6.47. The van der Waals surface area contributed by atoms with Gasteiger partial charge in [-0.15, -0.1) is 0 Å². The number of nitrogens with zero attached hydrogens (tertiary/aromatic N) is 2. The number of amides is 1. The molecule has 178 valence electrons. The van der Waals surface area contributed by atoms with E-state index in [0.29, 0.717) is 21.4 Å². The Hall–Kier alpha value is -2.56. The van der Waals surface area contributed by atoms with Gasteiger partial charge in [0.15, 0.2) is 10.9 Å². The Balaban J connectivity index is 1.59. The predicted molar refractivity (Wildman–Crippen MR) is 129 cm³/mol. The molecule has 0 spiro atoms. The molecule has 2 aromatic carbocycles. The topological polar surface area (TPSA) is 72.0 Å². The van der Waals surface area contributed by atoms with Crippen molar-refractivity contribution >= 4 is 52.5 Å². The van der Waals surface area contributed by atoms with Gasteiger partial charge in [-0.2, -0.15) is 13.2 Å². The number of benzene rings is 2. The summed E-state index contributed by atoms with van der Waals surface area (Å²) in [6.07, 6.45) is -4.55. The molecule has 0 atom stereocenters. The van der Waals surface area contributed by atoms with Gasteiger partial charge >= 0.3 is 6.18 Å². The molecule has 1 N–H and O–H groups in total. The largest absolute Gasteiger partial charge is 0.416 e. The van der Waals surface area contributed by atoms with Gasteiger partial charge in [-0.1, -0.05) is 65.0 Å². The van der Waals surface area contributed by atoms with Crippen LogP contribution in [0.4, 0.5) is 18.9 Å². The van der Waals surface area contributed by atoms with Crippen molar-refractivity contribution < 1.29 is 22.8 Å². The van der Waals surface area contributed by atoms with Crippen LogP contribution in [0.2, 0.25) is 5.02 Å². The SMILES string of the molecule is Cc1ccc(C(=O)CSc2nc(C)cc(SCC(=O)Nc3cc(C(F)(F)F)ccc3Cl)n2)cc1. The Morgan fingerprint density at radius 2 is 1.68 bits per heavy atom. The van der Waals surface area contributed by atoms with Gasteiger partial charge in [0.1, 0.15) is 5.03 Å². The molecule has 0 aliphatic rings. The van der Waals surface area contributed by atoms with Gasteiger partial charge in [0.25, 0.3) is 0 Å². The van der Waals surface area contributed by atoms with Gasteiger partial charge in [0.05, 0.1) is 27.8 Å². The zero-order valence-electron chi connectivity index (χ0n) is 18.1. The van der Waals surface area contributed by atoms with Crippen molar-refractivity contribution in [1.29, 1.82) is 0 Å². The van der Waals surface area contributed by atoms with Gasteiger partial charge in [0, 0.05) is 11.3 Å². The van der Waals surface area contributed by atoms with E-state index in [1.807, 2.05) is 19.1 Å². The molecule has 0 aliphatic carbocycles. The number of nitrogens with one attached hydrogen (secondary N) is 1. The maximum absolute atomic E-state index is 12.9. The average molecular weight is 526 g/mol. The molecule has 0 bridgehead atoms. The van der Waals surface area contributed by atoms with E-state index in [1.54, 1.807) is 25.1 Å². The Morgan fingerprint density at radius 3 is 2.35 bits per heavy atom. The molecule has 0 unspecified atom stereocenters. The third-order valence-corrected chi connectivity index (χ3v) is 6.52. The molecule has 5 nitrogen and oxygen atoms in total. The minimum Gasteiger partial charge on any atom is -0.324 e. The number of hydrogen-bond acceptors (Lipinski definition) is 6. The van der Waals surface area contributed by atoms with E-state index in [2.05, 4.69) is 15.3 Å². The lowest BCUT2D eigenvalue weighted by Crippen LogP contribution is -2.15. The number of hydrogen-bond donors (Lipinski definition) is 1. The van der Waals surface area contributed by atoms with Crippen LogP contribution in [-0.2, 0) is 11.0 Å². The summed E-state index contributed by atoms with van der Waals surface area (Å²) in [6.45, 7) is 3.71. The number of ketones is 1. The Labute approximate surface area is 207 Å². The normalized spacial score (nSPS) is 11.4. The molecular weight excluding hydrogens is 507 g/mol. The lowest BCUT2D eigenvalue weighted by Gasteiger charge is -2.11. The number of anilines is 1. The van der Waals surface area contributed by atoms with Crippen LogP contribution in [0.25, 0.3) is 0 Å². The molecule has 3 rings (SSSR count). The summed E-state index contributed by atoms with van der Waals surface area (Å²) in [4.78, 5) is 33.4. The van der Waals surface area contributed by atoms with Gasteiger partial charge in [-0.05, 0) is 38.1 Å². The van der Waals surface area contributed by atoms with E-state index >= 15 is 0 Å². The lowest BCUT2D eigenvalue weighted by atomic mass is 10.1. The Bertz CT molecular complexity index is 1210. The molecule has 0 radical (unpaired) electrons. The fourth-order valence-corrected chi connectivity index (χ4v) is 4.50. The second kappa shape index (κ2) is 11.2. The van der Waals surface area contributed by atoms with Crippen LogP contribution in [0, 0.1) is 13.8 Å². The zero-order chi connectivity index (χ0) is 24.9. The number of carbonyl (C=O) groups excluding carboxylic acids is 2. The number of thioether (sulfide) groups is 2. The average Bonchev–Trinajstić information content (AvgIpc) is 2.77. The van der Waals surface area contributed by atoms with Crippen LogP contribution in [0.5, 0.6) is 0 Å². The molecule has 1 heterocycles. The molecule has 34 heavy (non-hydrogen) atoms.